The number of carbonyl (C=O) groups is 3. The van der Waals surface area contributed by atoms with Gasteiger partial charge in [-0.25, -0.2) is 4.79 Å². The molecule has 0 aliphatic carbocycles. The molecule has 0 aliphatic rings. The number of nitrogens with one attached hydrogen (secondary N) is 2. The maximum Gasteiger partial charge on any atom is 0.339 e. The van der Waals surface area contributed by atoms with E-state index < -0.39 is 11.9 Å². The van der Waals surface area contributed by atoms with Gasteiger partial charge in [-0.15, -0.1) is 0 Å². The highest BCUT2D eigenvalue weighted by Gasteiger charge is 2.15. The van der Waals surface area contributed by atoms with Crippen molar-refractivity contribution in [1.82, 2.24) is 5.32 Å². The smallest absolute Gasteiger partial charge is 0.339 e. The van der Waals surface area contributed by atoms with E-state index in [2.05, 4.69) is 29.2 Å². The Labute approximate surface area is 130 Å². The Morgan fingerprint density at radius 3 is 2.45 bits per heavy atom. The first-order chi connectivity index (χ1) is 10.4. The van der Waals surface area contributed by atoms with Gasteiger partial charge in [0.1, 0.15) is 6.42 Å². The summed E-state index contributed by atoms with van der Waals surface area (Å²) in [4.78, 5) is 35.1. The SMILES string of the molecule is COC(=O)c1ccccc1NC(=O)CC(=O)NCCC(C)C. The number of carbonyl (C=O) groups excluding carboxylic acids is 3. The highest BCUT2D eigenvalue weighted by Crippen LogP contribution is 2.16. The number of amides is 2. The average Bonchev–Trinajstić information content (AvgIpc) is 2.46. The van der Waals surface area contributed by atoms with E-state index in [1.165, 1.54) is 7.11 Å². The standard InChI is InChI=1S/C16H22N2O4/c1-11(2)8-9-17-14(19)10-15(20)18-13-7-5-4-6-12(13)16(21)22-3/h4-7,11H,8-10H2,1-3H3,(H,17,19)(H,18,20). The van der Waals surface area contributed by atoms with Crippen molar-refractivity contribution in [2.24, 2.45) is 5.92 Å². The molecule has 0 heterocycles. The van der Waals surface area contributed by atoms with Gasteiger partial charge in [-0.3, -0.25) is 9.59 Å². The number of para-hydroxylation sites is 1. The van der Waals surface area contributed by atoms with Crippen LogP contribution in [0.1, 0.15) is 37.0 Å². The normalized spacial score (nSPS) is 10.2. The Hall–Kier alpha value is -2.37. The van der Waals surface area contributed by atoms with Crippen LogP contribution in [0.15, 0.2) is 24.3 Å². The molecule has 22 heavy (non-hydrogen) atoms. The van der Waals surface area contributed by atoms with Crippen LogP contribution in [0.2, 0.25) is 0 Å². The van der Waals surface area contributed by atoms with Gasteiger partial charge in [0.15, 0.2) is 0 Å². The fourth-order valence-corrected chi connectivity index (χ4v) is 1.78. The molecule has 0 unspecified atom stereocenters. The lowest BCUT2D eigenvalue weighted by Crippen LogP contribution is -2.29. The van der Waals surface area contributed by atoms with E-state index in [0.29, 0.717) is 18.2 Å². The third kappa shape index (κ3) is 5.95. The summed E-state index contributed by atoms with van der Waals surface area (Å²) in [5.41, 5.74) is 0.577. The number of benzene rings is 1. The van der Waals surface area contributed by atoms with Gasteiger partial charge < -0.3 is 15.4 Å². The van der Waals surface area contributed by atoms with Gasteiger partial charge in [0.25, 0.3) is 0 Å². The molecule has 6 nitrogen and oxygen atoms in total. The van der Waals surface area contributed by atoms with Crippen LogP contribution in [-0.2, 0) is 14.3 Å². The Morgan fingerprint density at radius 2 is 1.82 bits per heavy atom. The summed E-state index contributed by atoms with van der Waals surface area (Å²) in [5.74, 6) is -0.870. The van der Waals surface area contributed by atoms with Crippen molar-refractivity contribution >= 4 is 23.5 Å². The Morgan fingerprint density at radius 1 is 1.14 bits per heavy atom. The summed E-state index contributed by atoms with van der Waals surface area (Å²) in [6.07, 6.45) is 0.576. The lowest BCUT2D eigenvalue weighted by atomic mass is 10.1. The summed E-state index contributed by atoms with van der Waals surface area (Å²) in [7, 11) is 1.27. The summed E-state index contributed by atoms with van der Waals surface area (Å²) in [6.45, 7) is 4.66. The molecule has 6 heteroatoms. The predicted octanol–water partition coefficient (Wildman–Crippen LogP) is 1.96. The molecule has 0 saturated heterocycles. The molecule has 0 fully saturated rings. The Bertz CT molecular complexity index is 541. The van der Waals surface area contributed by atoms with E-state index in [4.69, 9.17) is 0 Å². The van der Waals surface area contributed by atoms with Crippen molar-refractivity contribution in [1.29, 1.82) is 0 Å². The molecule has 1 rings (SSSR count). The Balaban J connectivity index is 2.55. The lowest BCUT2D eigenvalue weighted by molar-refractivity contribution is -0.126. The minimum atomic E-state index is -0.544. The largest absolute Gasteiger partial charge is 0.465 e. The molecule has 2 amide bonds. The summed E-state index contributed by atoms with van der Waals surface area (Å²) in [6, 6.07) is 6.48. The van der Waals surface area contributed by atoms with E-state index in [-0.39, 0.29) is 17.9 Å². The fourth-order valence-electron chi connectivity index (χ4n) is 1.78. The maximum atomic E-state index is 11.9. The van der Waals surface area contributed by atoms with Crippen LogP contribution in [0.25, 0.3) is 0 Å². The molecule has 0 saturated carbocycles. The van der Waals surface area contributed by atoms with Crippen molar-refractivity contribution in [3.05, 3.63) is 29.8 Å². The minimum absolute atomic E-state index is 0.249. The number of esters is 1. The number of hydrogen-bond acceptors (Lipinski definition) is 4. The van der Waals surface area contributed by atoms with Crippen LogP contribution in [-0.4, -0.2) is 31.4 Å². The molecule has 1 aromatic rings. The quantitative estimate of drug-likeness (QED) is 0.596. The average molecular weight is 306 g/mol. The zero-order chi connectivity index (χ0) is 16.5. The summed E-state index contributed by atoms with van der Waals surface area (Å²) in [5, 5.41) is 5.24. The van der Waals surface area contributed by atoms with Crippen molar-refractivity contribution < 1.29 is 19.1 Å². The van der Waals surface area contributed by atoms with Crippen LogP contribution in [0.4, 0.5) is 5.69 Å². The number of ether oxygens (including phenoxy) is 1. The molecular weight excluding hydrogens is 284 g/mol. The summed E-state index contributed by atoms with van der Waals surface area (Å²) < 4.78 is 4.65. The van der Waals surface area contributed by atoms with E-state index in [0.717, 1.165) is 6.42 Å². The predicted molar refractivity (Wildman–Crippen MR) is 83.5 cm³/mol. The number of rotatable bonds is 7. The molecule has 0 spiro atoms. The number of hydrogen-bond donors (Lipinski definition) is 2. The van der Waals surface area contributed by atoms with Crippen molar-refractivity contribution in [2.45, 2.75) is 26.7 Å². The van der Waals surface area contributed by atoms with E-state index >= 15 is 0 Å². The molecule has 0 aliphatic heterocycles. The highest BCUT2D eigenvalue weighted by atomic mass is 16.5. The Kier molecular flexibility index (Phi) is 7.08. The van der Waals surface area contributed by atoms with Crippen molar-refractivity contribution in [2.75, 3.05) is 19.0 Å². The fraction of sp³-hybridized carbons (Fsp3) is 0.438. The first kappa shape index (κ1) is 17.7. The third-order valence-corrected chi connectivity index (χ3v) is 2.97. The van der Waals surface area contributed by atoms with Crippen LogP contribution in [0, 0.1) is 5.92 Å². The minimum Gasteiger partial charge on any atom is -0.465 e. The van der Waals surface area contributed by atoms with Gasteiger partial charge in [-0.2, -0.15) is 0 Å². The maximum absolute atomic E-state index is 11.9. The zero-order valence-electron chi connectivity index (χ0n) is 13.1. The lowest BCUT2D eigenvalue weighted by Gasteiger charge is -2.10. The number of anilines is 1. The van der Waals surface area contributed by atoms with Gasteiger partial charge in [-0.05, 0) is 24.5 Å². The molecule has 0 radical (unpaired) electrons. The van der Waals surface area contributed by atoms with Crippen LogP contribution < -0.4 is 10.6 Å². The summed E-state index contributed by atoms with van der Waals surface area (Å²) >= 11 is 0. The molecule has 1 aromatic carbocycles. The molecule has 0 bridgehead atoms. The monoisotopic (exact) mass is 306 g/mol. The van der Waals surface area contributed by atoms with E-state index in [1.54, 1.807) is 24.3 Å². The van der Waals surface area contributed by atoms with Crippen molar-refractivity contribution in [3.8, 4) is 0 Å². The van der Waals surface area contributed by atoms with Gasteiger partial charge in [0, 0.05) is 6.54 Å². The van der Waals surface area contributed by atoms with Gasteiger partial charge in [0.05, 0.1) is 18.4 Å². The van der Waals surface area contributed by atoms with Gasteiger partial charge in [-0.1, -0.05) is 26.0 Å². The van der Waals surface area contributed by atoms with Crippen LogP contribution >= 0.6 is 0 Å². The van der Waals surface area contributed by atoms with E-state index in [9.17, 15) is 14.4 Å². The van der Waals surface area contributed by atoms with Gasteiger partial charge in [0.2, 0.25) is 11.8 Å². The second-order valence-electron chi connectivity index (χ2n) is 5.29. The van der Waals surface area contributed by atoms with Crippen LogP contribution in [0.3, 0.4) is 0 Å². The zero-order valence-corrected chi connectivity index (χ0v) is 13.1. The molecular formula is C16H22N2O4. The molecule has 2 N–H and O–H groups in total. The van der Waals surface area contributed by atoms with E-state index in [1.807, 2.05) is 0 Å². The second-order valence-corrected chi connectivity index (χ2v) is 5.29. The highest BCUT2D eigenvalue weighted by molar-refractivity contribution is 6.06. The second kappa shape index (κ2) is 8.81. The molecule has 120 valence electrons. The van der Waals surface area contributed by atoms with Crippen LogP contribution in [0.5, 0.6) is 0 Å². The molecule has 0 atom stereocenters. The van der Waals surface area contributed by atoms with Gasteiger partial charge >= 0.3 is 5.97 Å². The topological polar surface area (TPSA) is 84.5 Å². The molecule has 0 aromatic heterocycles. The first-order valence-corrected chi connectivity index (χ1v) is 7.18. The first-order valence-electron chi connectivity index (χ1n) is 7.18. The third-order valence-electron chi connectivity index (χ3n) is 2.97. The number of methoxy groups -OCH3 is 1. The van der Waals surface area contributed by atoms with Crippen molar-refractivity contribution in [3.63, 3.8) is 0 Å².